The van der Waals surface area contributed by atoms with Gasteiger partial charge in [0.25, 0.3) is 0 Å². The molecule has 1 atom stereocenters. The normalized spacial score (nSPS) is 12.2. The molecule has 0 aliphatic carbocycles. The number of hydrogen-bond acceptors (Lipinski definition) is 2. The van der Waals surface area contributed by atoms with Gasteiger partial charge in [-0.2, -0.15) is 0 Å². The maximum atomic E-state index is 11.4. The Morgan fingerprint density at radius 3 is 2.69 bits per heavy atom. The van der Waals surface area contributed by atoms with Crippen LogP contribution in [0.1, 0.15) is 29.8 Å². The van der Waals surface area contributed by atoms with Crippen molar-refractivity contribution in [1.29, 1.82) is 0 Å². The molecule has 0 aliphatic rings. The van der Waals surface area contributed by atoms with Crippen LogP contribution in [0.3, 0.4) is 0 Å². The van der Waals surface area contributed by atoms with E-state index in [4.69, 9.17) is 4.74 Å². The summed E-state index contributed by atoms with van der Waals surface area (Å²) >= 11 is 6.79. The highest BCUT2D eigenvalue weighted by molar-refractivity contribution is 9.09. The highest BCUT2D eigenvalue weighted by Gasteiger charge is 2.17. The molecule has 0 N–H and O–H groups in total. The molecule has 0 spiro atoms. The Morgan fingerprint density at radius 2 is 2.19 bits per heavy atom. The Balaban J connectivity index is 3.14. The van der Waals surface area contributed by atoms with Gasteiger partial charge >= 0.3 is 0 Å². The third-order valence-electron chi connectivity index (χ3n) is 2.16. The monoisotopic (exact) mass is 348 g/mol. The number of carbonyl (C=O) groups excluding carboxylic acids is 1. The second-order valence-electron chi connectivity index (χ2n) is 3.41. The zero-order chi connectivity index (χ0) is 12.1. The zero-order valence-corrected chi connectivity index (χ0v) is 12.5. The zero-order valence-electron chi connectivity index (χ0n) is 9.30. The minimum atomic E-state index is -0.298. The summed E-state index contributed by atoms with van der Waals surface area (Å²) in [7, 11) is 0. The second-order valence-corrected chi connectivity index (χ2v) is 4.89. The molecule has 0 saturated carbocycles. The van der Waals surface area contributed by atoms with Crippen molar-refractivity contribution in [2.45, 2.75) is 24.0 Å². The van der Waals surface area contributed by atoms with E-state index in [0.717, 1.165) is 22.2 Å². The van der Waals surface area contributed by atoms with Gasteiger partial charge in [0.15, 0.2) is 0 Å². The lowest BCUT2D eigenvalue weighted by atomic mass is 10.1. The molecular weight excluding hydrogens is 336 g/mol. The Hall–Kier alpha value is -0.350. The number of alkyl halides is 2. The van der Waals surface area contributed by atoms with E-state index in [1.807, 2.05) is 25.1 Å². The molecule has 0 aliphatic heterocycles. The lowest BCUT2D eigenvalue weighted by Gasteiger charge is -2.14. The molecule has 88 valence electrons. The number of ketones is 1. The highest BCUT2D eigenvalue weighted by atomic mass is 79.9. The molecular formula is C12H14Br2O2. The second kappa shape index (κ2) is 6.40. The predicted octanol–water partition coefficient (Wildman–Crippen LogP) is 4.01. The van der Waals surface area contributed by atoms with Crippen molar-refractivity contribution < 1.29 is 9.53 Å². The lowest BCUT2D eigenvalue weighted by molar-refractivity contribution is -0.116. The summed E-state index contributed by atoms with van der Waals surface area (Å²) in [6, 6.07) is 5.89. The number of carbonyl (C=O) groups is 1. The molecule has 16 heavy (non-hydrogen) atoms. The quantitative estimate of drug-likeness (QED) is 0.751. The van der Waals surface area contributed by atoms with Crippen molar-refractivity contribution >= 4 is 37.6 Å². The van der Waals surface area contributed by atoms with Crippen LogP contribution in [0.4, 0.5) is 0 Å². The molecule has 0 heterocycles. The number of rotatable bonds is 5. The molecule has 1 rings (SSSR count). The highest BCUT2D eigenvalue weighted by Crippen LogP contribution is 2.33. The van der Waals surface area contributed by atoms with Crippen LogP contribution in [0.2, 0.25) is 0 Å². The number of hydrogen-bond donors (Lipinski definition) is 0. The summed E-state index contributed by atoms with van der Waals surface area (Å²) in [5, 5.41) is 0.768. The van der Waals surface area contributed by atoms with Gasteiger partial charge in [0.2, 0.25) is 0 Å². The molecule has 1 unspecified atom stereocenters. The number of Topliss-reactive ketones (excluding diaryl/α,β-unsaturated/α-hetero) is 1. The van der Waals surface area contributed by atoms with Crippen LogP contribution in [0.15, 0.2) is 18.2 Å². The molecule has 2 nitrogen and oxygen atoms in total. The largest absolute Gasteiger partial charge is 0.494 e. The third kappa shape index (κ3) is 3.32. The summed E-state index contributed by atoms with van der Waals surface area (Å²) in [4.78, 5) is 11.1. The van der Waals surface area contributed by atoms with Crippen molar-refractivity contribution in [2.24, 2.45) is 0 Å². The maximum absolute atomic E-state index is 11.4. The number of benzene rings is 1. The van der Waals surface area contributed by atoms with Crippen molar-refractivity contribution in [2.75, 3.05) is 6.61 Å². The summed E-state index contributed by atoms with van der Waals surface area (Å²) in [5.74, 6) is 0.844. The van der Waals surface area contributed by atoms with Crippen molar-refractivity contribution in [1.82, 2.24) is 0 Å². The van der Waals surface area contributed by atoms with E-state index < -0.39 is 0 Å². The van der Waals surface area contributed by atoms with E-state index in [2.05, 4.69) is 31.9 Å². The first kappa shape index (κ1) is 13.7. The van der Waals surface area contributed by atoms with Gasteiger partial charge in [-0.15, -0.1) is 0 Å². The molecule has 0 fully saturated rings. The van der Waals surface area contributed by atoms with Gasteiger partial charge in [0, 0.05) is 10.9 Å². The van der Waals surface area contributed by atoms with E-state index in [-0.39, 0.29) is 10.6 Å². The predicted molar refractivity (Wildman–Crippen MR) is 72.6 cm³/mol. The Bertz CT molecular complexity index is 377. The lowest BCUT2D eigenvalue weighted by Crippen LogP contribution is -2.05. The summed E-state index contributed by atoms with van der Waals surface area (Å²) in [5.41, 5.74) is 2.02. The third-order valence-corrected chi connectivity index (χ3v) is 3.94. The summed E-state index contributed by atoms with van der Waals surface area (Å²) < 4.78 is 5.51. The smallest absolute Gasteiger partial charge is 0.147 e. The van der Waals surface area contributed by atoms with Gasteiger partial charge in [0.05, 0.1) is 6.61 Å². The SMILES string of the molecule is CCOc1ccc(CBr)cc1C(Br)C(C)=O. The first-order valence-corrected chi connectivity index (χ1v) is 7.10. The summed E-state index contributed by atoms with van der Waals surface area (Å²) in [6.07, 6.45) is 0. The van der Waals surface area contributed by atoms with Crippen LogP contribution in [-0.2, 0) is 10.1 Å². The van der Waals surface area contributed by atoms with Gasteiger partial charge in [-0.3, -0.25) is 4.79 Å². The van der Waals surface area contributed by atoms with Gasteiger partial charge in [-0.25, -0.2) is 0 Å². The minimum Gasteiger partial charge on any atom is -0.494 e. The standard InChI is InChI=1S/C12H14Br2O2/c1-3-16-11-5-4-9(7-13)6-10(11)12(14)8(2)15/h4-6,12H,3,7H2,1-2H3. The van der Waals surface area contributed by atoms with Crippen LogP contribution in [0, 0.1) is 0 Å². The van der Waals surface area contributed by atoms with E-state index in [1.54, 1.807) is 6.92 Å². The van der Waals surface area contributed by atoms with Crippen LogP contribution in [0.25, 0.3) is 0 Å². The molecule has 0 amide bonds. The maximum Gasteiger partial charge on any atom is 0.147 e. The molecule has 1 aromatic carbocycles. The topological polar surface area (TPSA) is 26.3 Å². The van der Waals surface area contributed by atoms with Gasteiger partial charge in [0.1, 0.15) is 16.4 Å². The molecule has 0 aromatic heterocycles. The first-order chi connectivity index (χ1) is 7.60. The van der Waals surface area contributed by atoms with E-state index >= 15 is 0 Å². The van der Waals surface area contributed by atoms with Crippen LogP contribution in [0.5, 0.6) is 5.75 Å². The average Bonchev–Trinajstić information content (AvgIpc) is 2.29. The molecule has 1 aromatic rings. The number of halogens is 2. The van der Waals surface area contributed by atoms with Crippen LogP contribution in [-0.4, -0.2) is 12.4 Å². The number of ether oxygens (including phenoxy) is 1. The molecule has 0 bridgehead atoms. The Morgan fingerprint density at radius 1 is 1.50 bits per heavy atom. The Labute approximate surface area is 113 Å². The Kier molecular flexibility index (Phi) is 5.49. The van der Waals surface area contributed by atoms with Gasteiger partial charge < -0.3 is 4.74 Å². The van der Waals surface area contributed by atoms with Crippen molar-refractivity contribution in [3.05, 3.63) is 29.3 Å². The van der Waals surface area contributed by atoms with Crippen molar-refractivity contribution in [3.63, 3.8) is 0 Å². The fraction of sp³-hybridized carbons (Fsp3) is 0.417. The van der Waals surface area contributed by atoms with Gasteiger partial charge in [-0.05, 0) is 31.5 Å². The fourth-order valence-electron chi connectivity index (χ4n) is 1.39. The average molecular weight is 350 g/mol. The first-order valence-electron chi connectivity index (χ1n) is 5.06. The molecule has 0 saturated heterocycles. The van der Waals surface area contributed by atoms with Crippen LogP contribution < -0.4 is 4.74 Å². The fourth-order valence-corrected chi connectivity index (χ4v) is 2.09. The minimum absolute atomic E-state index is 0.0766. The van der Waals surface area contributed by atoms with E-state index in [1.165, 1.54) is 0 Å². The molecule has 0 radical (unpaired) electrons. The molecule has 4 heteroatoms. The van der Waals surface area contributed by atoms with Gasteiger partial charge in [-0.1, -0.05) is 37.9 Å². The van der Waals surface area contributed by atoms with E-state index in [0.29, 0.717) is 6.61 Å². The van der Waals surface area contributed by atoms with Crippen molar-refractivity contribution in [3.8, 4) is 5.75 Å². The summed E-state index contributed by atoms with van der Waals surface area (Å²) in [6.45, 7) is 4.09. The van der Waals surface area contributed by atoms with E-state index in [9.17, 15) is 4.79 Å². The van der Waals surface area contributed by atoms with Crippen LogP contribution >= 0.6 is 31.9 Å².